The second-order valence-electron chi connectivity index (χ2n) is 16.0. The minimum absolute atomic E-state index is 0.122. The average Bonchev–Trinajstić information content (AvgIpc) is 3.09. The fraction of sp³-hybridized carbons (Fsp3) is 0.732. The molecule has 53 heavy (non-hydrogen) atoms. The van der Waals surface area contributed by atoms with Crippen molar-refractivity contribution < 1.29 is 32.3 Å². The lowest BCUT2D eigenvalue weighted by molar-refractivity contribution is -0.145. The monoisotopic (exact) mass is 747 g/mol. The zero-order chi connectivity index (χ0) is 38.2. The van der Waals surface area contributed by atoms with Gasteiger partial charge in [0.15, 0.2) is 0 Å². The Morgan fingerprint density at radius 2 is 1.42 bits per heavy atom. The van der Waals surface area contributed by atoms with Gasteiger partial charge in [-0.15, -0.1) is 0 Å². The first kappa shape index (κ1) is 42.6. The van der Waals surface area contributed by atoms with Gasteiger partial charge in [-0.25, -0.2) is 19.3 Å². The molecule has 4 fully saturated rings. The van der Waals surface area contributed by atoms with Gasteiger partial charge >= 0.3 is 12.1 Å². The number of nitrogens with zero attached hydrogens (tertiary/aromatic N) is 3. The predicted octanol–water partition coefficient (Wildman–Crippen LogP) is 10.0. The van der Waals surface area contributed by atoms with E-state index in [-0.39, 0.29) is 23.4 Å². The lowest BCUT2D eigenvalue weighted by Crippen LogP contribution is -2.69. The highest BCUT2D eigenvalue weighted by molar-refractivity contribution is 5.92. The first-order valence-corrected chi connectivity index (χ1v) is 20.2. The largest absolute Gasteiger partial charge is 0.481 e. The van der Waals surface area contributed by atoms with Crippen molar-refractivity contribution in [1.29, 1.82) is 0 Å². The Morgan fingerprint density at radius 1 is 0.811 bits per heavy atom. The van der Waals surface area contributed by atoms with E-state index < -0.39 is 23.8 Å². The van der Waals surface area contributed by atoms with Crippen molar-refractivity contribution in [2.75, 3.05) is 6.54 Å². The van der Waals surface area contributed by atoms with Crippen molar-refractivity contribution in [3.05, 3.63) is 53.6 Å². The second kappa shape index (κ2) is 21.1. The molecule has 2 heterocycles. The lowest BCUT2D eigenvalue weighted by atomic mass is 9.50. The molecule has 0 radical (unpaired) electrons. The Morgan fingerprint density at radius 3 is 2.02 bits per heavy atom. The zero-order valence-electron chi connectivity index (χ0n) is 31.6. The minimum Gasteiger partial charge on any atom is -0.481 e. The van der Waals surface area contributed by atoms with Gasteiger partial charge in [0.25, 0.3) is 5.91 Å². The highest BCUT2D eigenvalue weighted by Gasteiger charge is 2.58. The van der Waals surface area contributed by atoms with E-state index in [1.54, 1.807) is 0 Å². The Balaban J connectivity index is 0.000000253. The Labute approximate surface area is 313 Å². The van der Waals surface area contributed by atoms with Crippen LogP contribution in [0.15, 0.2) is 30.6 Å². The molecular formula is C41H61F4N5O3. The third-order valence-corrected chi connectivity index (χ3v) is 11.2. The van der Waals surface area contributed by atoms with Crippen LogP contribution in [0.1, 0.15) is 170 Å². The molecule has 2 aromatic heterocycles. The van der Waals surface area contributed by atoms with Crippen LogP contribution in [-0.2, 0) is 17.4 Å². The van der Waals surface area contributed by atoms with Gasteiger partial charge in [-0.1, -0.05) is 84.0 Å². The van der Waals surface area contributed by atoms with Crippen LogP contribution in [-0.4, -0.2) is 49.6 Å². The first-order valence-electron chi connectivity index (χ1n) is 20.2. The van der Waals surface area contributed by atoms with Crippen molar-refractivity contribution in [2.45, 2.75) is 172 Å². The number of halogens is 4. The molecule has 296 valence electrons. The van der Waals surface area contributed by atoms with Crippen molar-refractivity contribution >= 4 is 11.9 Å². The summed E-state index contributed by atoms with van der Waals surface area (Å²) in [4.78, 5) is 33.9. The van der Waals surface area contributed by atoms with Gasteiger partial charge in [0.2, 0.25) is 5.82 Å². The van der Waals surface area contributed by atoms with Crippen LogP contribution in [0.5, 0.6) is 0 Å². The summed E-state index contributed by atoms with van der Waals surface area (Å²) in [5.41, 5.74) is 0.806. The van der Waals surface area contributed by atoms with E-state index in [9.17, 15) is 27.2 Å². The quantitative estimate of drug-likeness (QED) is 0.0811. The number of hydrogen-bond acceptors (Lipinski definition) is 6. The van der Waals surface area contributed by atoms with Crippen molar-refractivity contribution in [3.8, 4) is 0 Å². The minimum atomic E-state index is -4.49. The third-order valence-electron chi connectivity index (χ3n) is 11.2. The van der Waals surface area contributed by atoms with Crippen molar-refractivity contribution in [2.24, 2.45) is 11.8 Å². The average molecular weight is 748 g/mol. The predicted molar refractivity (Wildman–Crippen MR) is 198 cm³/mol. The number of aliphatic carboxylic acids is 1. The highest BCUT2D eigenvalue weighted by atomic mass is 19.4. The summed E-state index contributed by atoms with van der Waals surface area (Å²) in [7, 11) is 0. The molecule has 0 spiro atoms. The normalized spacial score (nSPS) is 23.0. The van der Waals surface area contributed by atoms with E-state index in [4.69, 9.17) is 5.11 Å². The summed E-state index contributed by atoms with van der Waals surface area (Å²) in [6, 6.07) is 4.32. The molecule has 8 nitrogen and oxygen atoms in total. The molecule has 6 rings (SSSR count). The SMILES string of the molecule is CCCCCCCCCCNC12CC3CC(C1)CC(NC(=O)c1ccc(F)cn1)(C3)C2.O=C(O)CCCCCCCCCc1ccnc(C(F)(F)F)n1. The molecule has 3 N–H and O–H groups in total. The van der Waals surface area contributed by atoms with Gasteiger partial charge < -0.3 is 15.7 Å². The molecule has 2 atom stereocenters. The number of carboxylic acid groups (broad SMARTS) is 1. The topological polar surface area (TPSA) is 117 Å². The summed E-state index contributed by atoms with van der Waals surface area (Å²) in [5.74, 6) is -0.996. The molecule has 1 amide bonds. The summed E-state index contributed by atoms with van der Waals surface area (Å²) in [6.45, 7) is 3.36. The number of alkyl halides is 3. The Kier molecular flexibility index (Phi) is 16.9. The van der Waals surface area contributed by atoms with Gasteiger partial charge in [0.05, 0.1) is 6.20 Å². The summed E-state index contributed by atoms with van der Waals surface area (Å²) in [5, 5.41) is 15.8. The fourth-order valence-corrected chi connectivity index (χ4v) is 9.18. The van der Waals surface area contributed by atoms with Crippen LogP contribution in [0.25, 0.3) is 0 Å². The number of rotatable bonds is 22. The number of hydrogen-bond donors (Lipinski definition) is 3. The van der Waals surface area contributed by atoms with Gasteiger partial charge in [-0.2, -0.15) is 13.2 Å². The van der Waals surface area contributed by atoms with E-state index in [0.717, 1.165) is 76.7 Å². The van der Waals surface area contributed by atoms with E-state index in [0.29, 0.717) is 36.1 Å². The maximum atomic E-state index is 13.2. The van der Waals surface area contributed by atoms with Gasteiger partial charge in [-0.05, 0) is 101 Å². The Bertz CT molecular complexity index is 1390. The summed E-state index contributed by atoms with van der Waals surface area (Å²) >= 11 is 0. The molecule has 2 unspecified atom stereocenters. The smallest absolute Gasteiger partial charge is 0.451 e. The number of unbranched alkanes of at least 4 members (excludes halogenated alkanes) is 13. The molecule has 12 heteroatoms. The van der Waals surface area contributed by atoms with Gasteiger partial charge in [-0.3, -0.25) is 9.59 Å². The van der Waals surface area contributed by atoms with E-state index in [2.05, 4.69) is 32.5 Å². The zero-order valence-corrected chi connectivity index (χ0v) is 31.6. The number of nitrogens with one attached hydrogen (secondary N) is 2. The molecule has 0 saturated heterocycles. The van der Waals surface area contributed by atoms with Crippen LogP contribution in [0.3, 0.4) is 0 Å². The molecule has 4 saturated carbocycles. The fourth-order valence-electron chi connectivity index (χ4n) is 9.18. The van der Waals surface area contributed by atoms with E-state index in [1.165, 1.54) is 88.8 Å². The number of carbonyl (C=O) groups is 2. The maximum absolute atomic E-state index is 13.2. The van der Waals surface area contributed by atoms with Gasteiger partial charge in [0.1, 0.15) is 11.5 Å². The number of aryl methyl sites for hydroxylation is 1. The number of amides is 1. The third kappa shape index (κ3) is 14.5. The van der Waals surface area contributed by atoms with Crippen molar-refractivity contribution in [1.82, 2.24) is 25.6 Å². The Hall–Kier alpha value is -3.15. The van der Waals surface area contributed by atoms with E-state index in [1.807, 2.05) is 0 Å². The number of aromatic nitrogens is 3. The number of carboxylic acids is 1. The number of pyridine rings is 1. The van der Waals surface area contributed by atoms with Crippen LogP contribution in [0.4, 0.5) is 17.6 Å². The number of carbonyl (C=O) groups excluding carboxylic acids is 1. The molecule has 0 aliphatic heterocycles. The lowest BCUT2D eigenvalue weighted by Gasteiger charge is -2.62. The molecule has 4 aliphatic rings. The van der Waals surface area contributed by atoms with Crippen LogP contribution >= 0.6 is 0 Å². The highest BCUT2D eigenvalue weighted by Crippen LogP contribution is 2.57. The molecule has 4 bridgehead atoms. The molecule has 0 aromatic carbocycles. The van der Waals surface area contributed by atoms with Crippen LogP contribution in [0.2, 0.25) is 0 Å². The first-order chi connectivity index (χ1) is 25.4. The maximum Gasteiger partial charge on any atom is 0.451 e. The molecular weight excluding hydrogens is 686 g/mol. The summed E-state index contributed by atoms with van der Waals surface area (Å²) < 4.78 is 50.5. The van der Waals surface area contributed by atoms with Gasteiger partial charge in [0, 0.05) is 29.4 Å². The van der Waals surface area contributed by atoms with Crippen molar-refractivity contribution in [3.63, 3.8) is 0 Å². The standard InChI is InChI=1S/C26H40FN3O.C15H21F3N2O2/c1-2-3-4-5-6-7-8-9-12-29-25-14-20-13-21(15-25)17-26(16-20,19-25)30-24(31)23-11-10-22(27)18-28-23;16-15(17,18)14-19-11-10-12(20-14)8-6-4-2-1-3-5-7-9-13(21)22/h10-11,18,20-21,29H,2-9,12-17,19H2,1H3,(H,30,31);10-11H,1-9H2,(H,21,22). The van der Waals surface area contributed by atoms with Crippen LogP contribution in [0, 0.1) is 17.7 Å². The second-order valence-corrected chi connectivity index (χ2v) is 16.0. The van der Waals surface area contributed by atoms with E-state index >= 15 is 0 Å². The molecule has 4 aliphatic carbocycles. The van der Waals surface area contributed by atoms with Crippen LogP contribution < -0.4 is 10.6 Å². The summed E-state index contributed by atoms with van der Waals surface area (Å²) in [6.07, 6.45) is 22.7. The molecule has 2 aromatic rings.